The summed E-state index contributed by atoms with van der Waals surface area (Å²) >= 11 is 0. The predicted octanol–water partition coefficient (Wildman–Crippen LogP) is 4.04. The van der Waals surface area contributed by atoms with E-state index in [4.69, 9.17) is 0 Å². The van der Waals surface area contributed by atoms with Crippen LogP contribution in [0.25, 0.3) is 10.9 Å². The number of carbonyl (C=O) groups excluding carboxylic acids is 1. The van der Waals surface area contributed by atoms with Gasteiger partial charge in [0.15, 0.2) is 0 Å². The molecule has 1 atom stereocenters. The number of para-hydroxylation sites is 1. The molecule has 0 radical (unpaired) electrons. The standard InChI is InChI=1S/C19H17N3O/c23-19(21-16-11-10-13-5-1-2-8-15(13)16)22-17-9-3-6-14-7-4-12-20-18(14)17/h1-9,12,16H,10-11H2,(H2,21,22,23). The van der Waals surface area contributed by atoms with Crippen molar-refractivity contribution in [2.24, 2.45) is 0 Å². The van der Waals surface area contributed by atoms with Crippen LogP contribution in [0.15, 0.2) is 60.8 Å². The van der Waals surface area contributed by atoms with Gasteiger partial charge in [-0.1, -0.05) is 42.5 Å². The summed E-state index contributed by atoms with van der Waals surface area (Å²) in [7, 11) is 0. The molecule has 0 saturated heterocycles. The first-order chi connectivity index (χ1) is 11.3. The molecule has 2 amide bonds. The van der Waals surface area contributed by atoms with Crippen molar-refractivity contribution in [3.63, 3.8) is 0 Å². The lowest BCUT2D eigenvalue weighted by Gasteiger charge is -2.15. The van der Waals surface area contributed by atoms with Crippen LogP contribution in [-0.2, 0) is 6.42 Å². The van der Waals surface area contributed by atoms with E-state index in [0.29, 0.717) is 0 Å². The van der Waals surface area contributed by atoms with Crippen molar-refractivity contribution in [3.8, 4) is 0 Å². The lowest BCUT2D eigenvalue weighted by atomic mass is 10.1. The summed E-state index contributed by atoms with van der Waals surface area (Å²) in [6.45, 7) is 0. The van der Waals surface area contributed by atoms with Crippen LogP contribution in [0.1, 0.15) is 23.6 Å². The monoisotopic (exact) mass is 303 g/mol. The molecule has 1 aliphatic carbocycles. The highest BCUT2D eigenvalue weighted by Gasteiger charge is 2.23. The number of urea groups is 1. The number of fused-ring (bicyclic) bond motifs is 2. The number of aromatic nitrogens is 1. The molecule has 1 aromatic heterocycles. The quantitative estimate of drug-likeness (QED) is 0.750. The highest BCUT2D eigenvalue weighted by Crippen LogP contribution is 2.30. The second-order valence-electron chi connectivity index (χ2n) is 5.77. The number of pyridine rings is 1. The maximum absolute atomic E-state index is 12.4. The largest absolute Gasteiger partial charge is 0.331 e. The van der Waals surface area contributed by atoms with Crippen molar-refractivity contribution in [1.82, 2.24) is 10.3 Å². The highest BCUT2D eigenvalue weighted by molar-refractivity contribution is 5.99. The molecule has 0 spiro atoms. The molecule has 0 saturated carbocycles. The van der Waals surface area contributed by atoms with Gasteiger partial charge in [0.2, 0.25) is 0 Å². The average Bonchev–Trinajstić information content (AvgIpc) is 2.98. The van der Waals surface area contributed by atoms with E-state index >= 15 is 0 Å². The van der Waals surface area contributed by atoms with E-state index in [9.17, 15) is 4.79 Å². The van der Waals surface area contributed by atoms with Gasteiger partial charge in [0, 0.05) is 11.6 Å². The first-order valence-corrected chi connectivity index (χ1v) is 7.80. The SMILES string of the molecule is O=C(Nc1cccc2cccnc12)NC1CCc2ccccc21. The Morgan fingerprint density at radius 1 is 1.04 bits per heavy atom. The van der Waals surface area contributed by atoms with E-state index < -0.39 is 0 Å². The number of anilines is 1. The van der Waals surface area contributed by atoms with E-state index in [-0.39, 0.29) is 12.1 Å². The lowest BCUT2D eigenvalue weighted by Crippen LogP contribution is -2.31. The smallest absolute Gasteiger partial charge is 0.319 e. The van der Waals surface area contributed by atoms with Gasteiger partial charge in [-0.2, -0.15) is 0 Å². The number of hydrogen-bond acceptors (Lipinski definition) is 2. The Kier molecular flexibility index (Phi) is 3.42. The molecule has 0 bridgehead atoms. The van der Waals surface area contributed by atoms with Crippen LogP contribution in [0.3, 0.4) is 0 Å². The Hall–Kier alpha value is -2.88. The Morgan fingerprint density at radius 3 is 2.87 bits per heavy atom. The zero-order valence-electron chi connectivity index (χ0n) is 12.6. The van der Waals surface area contributed by atoms with Gasteiger partial charge in [0.1, 0.15) is 0 Å². The molecule has 114 valence electrons. The second-order valence-corrected chi connectivity index (χ2v) is 5.77. The molecule has 4 heteroatoms. The summed E-state index contributed by atoms with van der Waals surface area (Å²) in [5.74, 6) is 0. The minimum absolute atomic E-state index is 0.0779. The molecule has 4 rings (SSSR count). The van der Waals surface area contributed by atoms with Gasteiger partial charge in [-0.05, 0) is 36.1 Å². The Bertz CT molecular complexity index is 870. The third-order valence-corrected chi connectivity index (χ3v) is 4.32. The second kappa shape index (κ2) is 5.72. The fourth-order valence-corrected chi connectivity index (χ4v) is 3.23. The third-order valence-electron chi connectivity index (χ3n) is 4.32. The van der Waals surface area contributed by atoms with Crippen LogP contribution in [-0.4, -0.2) is 11.0 Å². The summed E-state index contributed by atoms with van der Waals surface area (Å²) in [4.78, 5) is 16.7. The number of carbonyl (C=O) groups is 1. The van der Waals surface area contributed by atoms with E-state index in [0.717, 1.165) is 29.4 Å². The fraction of sp³-hybridized carbons (Fsp3) is 0.158. The molecule has 1 heterocycles. The number of aryl methyl sites for hydroxylation is 1. The third kappa shape index (κ3) is 2.63. The van der Waals surface area contributed by atoms with Crippen molar-refractivity contribution in [2.75, 3.05) is 5.32 Å². The predicted molar refractivity (Wildman–Crippen MR) is 91.4 cm³/mol. The molecule has 2 aromatic carbocycles. The first kappa shape index (κ1) is 13.8. The average molecular weight is 303 g/mol. The van der Waals surface area contributed by atoms with E-state index in [1.807, 2.05) is 42.5 Å². The minimum Gasteiger partial charge on any atom is -0.331 e. The summed E-state index contributed by atoms with van der Waals surface area (Å²) in [5, 5.41) is 7.01. The van der Waals surface area contributed by atoms with Crippen LogP contribution < -0.4 is 10.6 Å². The lowest BCUT2D eigenvalue weighted by molar-refractivity contribution is 0.248. The van der Waals surface area contributed by atoms with Crippen LogP contribution >= 0.6 is 0 Å². The molecular weight excluding hydrogens is 286 g/mol. The molecule has 0 aliphatic heterocycles. The van der Waals surface area contributed by atoms with Gasteiger partial charge >= 0.3 is 6.03 Å². The van der Waals surface area contributed by atoms with Crippen molar-refractivity contribution in [3.05, 3.63) is 71.9 Å². The van der Waals surface area contributed by atoms with Crippen LogP contribution in [0, 0.1) is 0 Å². The number of benzene rings is 2. The number of nitrogens with one attached hydrogen (secondary N) is 2. The molecule has 3 aromatic rings. The van der Waals surface area contributed by atoms with Crippen LogP contribution in [0.4, 0.5) is 10.5 Å². The zero-order chi connectivity index (χ0) is 15.6. The van der Waals surface area contributed by atoms with E-state index in [2.05, 4.69) is 27.8 Å². The Morgan fingerprint density at radius 2 is 1.91 bits per heavy atom. The summed E-state index contributed by atoms with van der Waals surface area (Å²) < 4.78 is 0. The van der Waals surface area contributed by atoms with Crippen LogP contribution in [0.2, 0.25) is 0 Å². The topological polar surface area (TPSA) is 54.0 Å². The van der Waals surface area contributed by atoms with E-state index in [1.165, 1.54) is 11.1 Å². The first-order valence-electron chi connectivity index (χ1n) is 7.80. The maximum Gasteiger partial charge on any atom is 0.319 e. The molecular formula is C19H17N3O. The van der Waals surface area contributed by atoms with Gasteiger partial charge in [0.05, 0.1) is 17.2 Å². The molecule has 4 nitrogen and oxygen atoms in total. The number of nitrogens with zero attached hydrogens (tertiary/aromatic N) is 1. The summed E-state index contributed by atoms with van der Waals surface area (Å²) in [5.41, 5.74) is 4.08. The van der Waals surface area contributed by atoms with Crippen molar-refractivity contribution >= 4 is 22.6 Å². The summed E-state index contributed by atoms with van der Waals surface area (Å²) in [6, 6.07) is 17.8. The fourth-order valence-electron chi connectivity index (χ4n) is 3.23. The van der Waals surface area contributed by atoms with Gasteiger partial charge in [-0.3, -0.25) is 4.98 Å². The van der Waals surface area contributed by atoms with Gasteiger partial charge < -0.3 is 10.6 Å². The van der Waals surface area contributed by atoms with E-state index in [1.54, 1.807) is 6.20 Å². The number of rotatable bonds is 2. The molecule has 0 fully saturated rings. The number of hydrogen-bond donors (Lipinski definition) is 2. The number of amides is 2. The molecule has 1 aliphatic rings. The Labute approximate surface area is 134 Å². The molecule has 23 heavy (non-hydrogen) atoms. The minimum atomic E-state index is -0.190. The van der Waals surface area contributed by atoms with Crippen molar-refractivity contribution < 1.29 is 4.79 Å². The zero-order valence-corrected chi connectivity index (χ0v) is 12.6. The normalized spacial score (nSPS) is 16.1. The Balaban J connectivity index is 1.52. The van der Waals surface area contributed by atoms with Crippen LogP contribution in [0.5, 0.6) is 0 Å². The van der Waals surface area contributed by atoms with Crippen molar-refractivity contribution in [1.29, 1.82) is 0 Å². The van der Waals surface area contributed by atoms with Gasteiger partial charge in [0.25, 0.3) is 0 Å². The highest BCUT2D eigenvalue weighted by atomic mass is 16.2. The summed E-state index contributed by atoms with van der Waals surface area (Å²) in [6.07, 6.45) is 3.69. The van der Waals surface area contributed by atoms with Crippen molar-refractivity contribution in [2.45, 2.75) is 18.9 Å². The van der Waals surface area contributed by atoms with Gasteiger partial charge in [-0.15, -0.1) is 0 Å². The van der Waals surface area contributed by atoms with Gasteiger partial charge in [-0.25, -0.2) is 4.79 Å². The molecule has 2 N–H and O–H groups in total. The molecule has 1 unspecified atom stereocenters. The maximum atomic E-state index is 12.4.